The molecule has 0 atom stereocenters. The molecule has 10 heteroatoms. The number of nitro groups is 1. The maximum atomic E-state index is 13.1. The van der Waals surface area contributed by atoms with Crippen molar-refractivity contribution in [1.29, 1.82) is 0 Å². The molecule has 4 aromatic rings. The molecule has 0 aliphatic carbocycles. The number of hydrogen-bond acceptors (Lipinski definition) is 6. The summed E-state index contributed by atoms with van der Waals surface area (Å²) in [6, 6.07) is 13.4. The van der Waals surface area contributed by atoms with Crippen molar-refractivity contribution in [3.8, 4) is 0 Å². The van der Waals surface area contributed by atoms with E-state index in [1.165, 1.54) is 29.5 Å². The molecule has 1 amide bonds. The average molecular weight is 454 g/mol. The lowest BCUT2D eigenvalue weighted by Gasteiger charge is -2.18. The summed E-state index contributed by atoms with van der Waals surface area (Å²) in [7, 11) is 0. The van der Waals surface area contributed by atoms with Crippen molar-refractivity contribution in [2.45, 2.75) is 6.54 Å². The van der Waals surface area contributed by atoms with Gasteiger partial charge in [0.1, 0.15) is 5.52 Å². The molecular formula is C21H16ClN5O3S. The Bertz CT molecular complexity index is 1270. The number of aromatic nitrogens is 3. The number of nitrogens with zero attached hydrogens (tertiary/aromatic N) is 5. The number of carbonyl (C=O) groups is 1. The lowest BCUT2D eigenvalue weighted by atomic mass is 10.2. The van der Waals surface area contributed by atoms with Crippen LogP contribution in [0.4, 0.5) is 10.8 Å². The van der Waals surface area contributed by atoms with E-state index in [0.29, 0.717) is 34.3 Å². The van der Waals surface area contributed by atoms with Crippen molar-refractivity contribution in [3.05, 3.63) is 87.7 Å². The molecule has 0 saturated heterocycles. The molecule has 0 saturated carbocycles. The van der Waals surface area contributed by atoms with Crippen LogP contribution in [0.15, 0.2) is 67.0 Å². The van der Waals surface area contributed by atoms with Crippen LogP contribution in [0.3, 0.4) is 0 Å². The number of halogens is 1. The average Bonchev–Trinajstić information content (AvgIpc) is 3.43. The molecule has 31 heavy (non-hydrogen) atoms. The molecular weight excluding hydrogens is 438 g/mol. The molecule has 0 fully saturated rings. The fourth-order valence-corrected chi connectivity index (χ4v) is 4.25. The quantitative estimate of drug-likeness (QED) is 0.227. The highest BCUT2D eigenvalue weighted by molar-refractivity contribution is 7.22. The number of hydrogen-bond donors (Lipinski definition) is 0. The van der Waals surface area contributed by atoms with Gasteiger partial charge in [-0.25, -0.2) is 4.98 Å². The van der Waals surface area contributed by atoms with Gasteiger partial charge in [-0.2, -0.15) is 5.10 Å². The normalized spacial score (nSPS) is 11.3. The molecule has 0 aliphatic heterocycles. The Morgan fingerprint density at radius 2 is 2.10 bits per heavy atom. The van der Waals surface area contributed by atoms with E-state index in [-0.39, 0.29) is 11.6 Å². The Hall–Kier alpha value is -3.56. The topological polar surface area (TPSA) is 94.2 Å². The molecule has 0 aliphatic rings. The van der Waals surface area contributed by atoms with Crippen molar-refractivity contribution >= 4 is 56.0 Å². The number of thiazole rings is 1. The first kappa shape index (κ1) is 20.7. The van der Waals surface area contributed by atoms with E-state index in [1.807, 2.05) is 24.4 Å². The van der Waals surface area contributed by atoms with Crippen LogP contribution in [0.25, 0.3) is 16.3 Å². The summed E-state index contributed by atoms with van der Waals surface area (Å²) < 4.78 is 2.60. The Morgan fingerprint density at radius 1 is 1.26 bits per heavy atom. The van der Waals surface area contributed by atoms with Crippen molar-refractivity contribution in [2.75, 3.05) is 11.4 Å². The Kier molecular flexibility index (Phi) is 6.06. The van der Waals surface area contributed by atoms with Gasteiger partial charge in [0.15, 0.2) is 5.13 Å². The predicted octanol–water partition coefficient (Wildman–Crippen LogP) is 4.80. The standard InChI is InChI=1S/C21H16ClN5O3S/c22-17-6-2-7-18-20(17)24-21(31-18)26(13-12-25-11-3-10-23-25)19(28)9-8-15-4-1-5-16(14-15)27(29)30/h1-11,14H,12-13H2/b9-8+. The van der Waals surface area contributed by atoms with E-state index in [0.717, 1.165) is 4.70 Å². The number of anilines is 1. The van der Waals surface area contributed by atoms with Crippen molar-refractivity contribution in [1.82, 2.24) is 14.8 Å². The minimum Gasteiger partial charge on any atom is -0.283 e. The SMILES string of the molecule is O=C(/C=C/c1cccc([N+](=O)[O-])c1)N(CCn1cccn1)c1nc2c(Cl)cccc2s1. The van der Waals surface area contributed by atoms with Gasteiger partial charge in [-0.1, -0.05) is 41.1 Å². The van der Waals surface area contributed by atoms with Gasteiger partial charge in [-0.3, -0.25) is 24.5 Å². The van der Waals surface area contributed by atoms with Crippen LogP contribution in [0.2, 0.25) is 5.02 Å². The monoisotopic (exact) mass is 453 g/mol. The number of fused-ring (bicyclic) bond motifs is 1. The van der Waals surface area contributed by atoms with Gasteiger partial charge in [-0.15, -0.1) is 0 Å². The molecule has 4 rings (SSSR count). The third-order valence-electron chi connectivity index (χ3n) is 4.47. The van der Waals surface area contributed by atoms with E-state index in [9.17, 15) is 14.9 Å². The molecule has 0 radical (unpaired) electrons. The van der Waals surface area contributed by atoms with Gasteiger partial charge in [0.2, 0.25) is 0 Å². The number of amides is 1. The van der Waals surface area contributed by atoms with Gasteiger partial charge < -0.3 is 0 Å². The van der Waals surface area contributed by atoms with Gasteiger partial charge >= 0.3 is 0 Å². The van der Waals surface area contributed by atoms with Crippen LogP contribution in [0, 0.1) is 10.1 Å². The zero-order valence-electron chi connectivity index (χ0n) is 16.1. The molecule has 156 valence electrons. The third kappa shape index (κ3) is 4.79. The second-order valence-electron chi connectivity index (χ2n) is 6.53. The molecule has 8 nitrogen and oxygen atoms in total. The molecule has 2 aromatic heterocycles. The van der Waals surface area contributed by atoms with Crippen LogP contribution in [0.5, 0.6) is 0 Å². The number of non-ortho nitro benzene ring substituents is 1. The molecule has 2 heterocycles. The van der Waals surface area contributed by atoms with E-state index < -0.39 is 4.92 Å². The van der Waals surface area contributed by atoms with Crippen LogP contribution >= 0.6 is 22.9 Å². The Labute approximate surface area is 186 Å². The maximum absolute atomic E-state index is 13.1. The van der Waals surface area contributed by atoms with Crippen LogP contribution in [-0.4, -0.2) is 32.1 Å². The summed E-state index contributed by atoms with van der Waals surface area (Å²) in [5.41, 5.74) is 1.16. The highest BCUT2D eigenvalue weighted by Crippen LogP contribution is 2.33. The second kappa shape index (κ2) is 9.07. The molecule has 0 N–H and O–H groups in total. The summed E-state index contributed by atoms with van der Waals surface area (Å²) in [6.45, 7) is 0.824. The minimum absolute atomic E-state index is 0.0362. The zero-order valence-corrected chi connectivity index (χ0v) is 17.7. The molecule has 0 spiro atoms. The second-order valence-corrected chi connectivity index (χ2v) is 7.94. The Morgan fingerprint density at radius 3 is 2.84 bits per heavy atom. The van der Waals surface area contributed by atoms with Gasteiger partial charge in [-0.05, 0) is 29.8 Å². The van der Waals surface area contributed by atoms with E-state index >= 15 is 0 Å². The van der Waals surface area contributed by atoms with Gasteiger partial charge in [0, 0.05) is 37.1 Å². The zero-order chi connectivity index (χ0) is 21.8. The van der Waals surface area contributed by atoms with E-state index in [4.69, 9.17) is 11.6 Å². The summed E-state index contributed by atoms with van der Waals surface area (Å²) in [4.78, 5) is 29.7. The van der Waals surface area contributed by atoms with Crippen LogP contribution in [0.1, 0.15) is 5.56 Å². The lowest BCUT2D eigenvalue weighted by Crippen LogP contribution is -2.32. The number of benzene rings is 2. The third-order valence-corrected chi connectivity index (χ3v) is 5.82. The fourth-order valence-electron chi connectivity index (χ4n) is 2.95. The highest BCUT2D eigenvalue weighted by Gasteiger charge is 2.19. The first-order valence-corrected chi connectivity index (χ1v) is 10.5. The summed E-state index contributed by atoms with van der Waals surface area (Å²) in [6.07, 6.45) is 6.43. The fraction of sp³-hybridized carbons (Fsp3) is 0.0952. The van der Waals surface area contributed by atoms with Crippen LogP contribution < -0.4 is 4.90 Å². The highest BCUT2D eigenvalue weighted by atomic mass is 35.5. The van der Waals surface area contributed by atoms with Crippen molar-refractivity contribution < 1.29 is 9.72 Å². The largest absolute Gasteiger partial charge is 0.283 e. The number of carbonyl (C=O) groups excluding carboxylic acids is 1. The lowest BCUT2D eigenvalue weighted by molar-refractivity contribution is -0.384. The predicted molar refractivity (Wildman–Crippen MR) is 121 cm³/mol. The first-order chi connectivity index (χ1) is 15.0. The van der Waals surface area contributed by atoms with E-state index in [1.54, 1.807) is 40.1 Å². The number of nitro benzene ring substituents is 1. The Balaban J connectivity index is 1.62. The van der Waals surface area contributed by atoms with Crippen molar-refractivity contribution in [2.24, 2.45) is 0 Å². The van der Waals surface area contributed by atoms with Gasteiger partial charge in [0.05, 0.1) is 21.2 Å². The summed E-state index contributed by atoms with van der Waals surface area (Å²) >= 11 is 7.62. The van der Waals surface area contributed by atoms with Crippen molar-refractivity contribution in [3.63, 3.8) is 0 Å². The molecule has 2 aromatic carbocycles. The van der Waals surface area contributed by atoms with Gasteiger partial charge in [0.25, 0.3) is 11.6 Å². The minimum atomic E-state index is -0.472. The summed E-state index contributed by atoms with van der Waals surface area (Å²) in [5, 5.41) is 16.2. The number of rotatable bonds is 7. The summed E-state index contributed by atoms with van der Waals surface area (Å²) in [5.74, 6) is -0.297. The smallest absolute Gasteiger partial charge is 0.270 e. The van der Waals surface area contributed by atoms with Crippen LogP contribution in [-0.2, 0) is 11.3 Å². The first-order valence-electron chi connectivity index (χ1n) is 9.28. The number of para-hydroxylation sites is 1. The molecule has 0 unspecified atom stereocenters. The molecule has 0 bridgehead atoms. The maximum Gasteiger partial charge on any atom is 0.270 e. The van der Waals surface area contributed by atoms with E-state index in [2.05, 4.69) is 10.1 Å².